The molecule has 1 heterocycles. The fourth-order valence-corrected chi connectivity index (χ4v) is 1.53. The molecule has 15 heavy (non-hydrogen) atoms. The zero-order valence-electron chi connectivity index (χ0n) is 8.84. The number of rotatable bonds is 4. The minimum absolute atomic E-state index is 0.000784. The first-order valence-electron chi connectivity index (χ1n) is 5.26. The third-order valence-electron chi connectivity index (χ3n) is 2.98. The quantitative estimate of drug-likeness (QED) is 0.679. The van der Waals surface area contributed by atoms with Crippen LogP contribution in [0.1, 0.15) is 25.5 Å². The number of nitrogens with zero attached hydrogens (tertiary/aromatic N) is 1. The molecule has 0 unspecified atom stereocenters. The number of hydrogen-bond donors (Lipinski definition) is 3. The molecule has 0 aliphatic heterocycles. The van der Waals surface area contributed by atoms with Crippen molar-refractivity contribution in [3.05, 3.63) is 11.8 Å². The van der Waals surface area contributed by atoms with Crippen LogP contribution in [0.5, 0.6) is 0 Å². The molecule has 5 nitrogen and oxygen atoms in total. The number of aromatic amines is 1. The molecular weight excluding hydrogens is 192 g/mol. The molecule has 5 heteroatoms. The number of aryl methyl sites for hydroxylation is 1. The van der Waals surface area contributed by atoms with Crippen LogP contribution >= 0.6 is 0 Å². The van der Waals surface area contributed by atoms with E-state index in [1.54, 1.807) is 0 Å². The molecule has 82 valence electrons. The van der Waals surface area contributed by atoms with Gasteiger partial charge in [-0.2, -0.15) is 5.10 Å². The molecule has 1 aromatic heterocycles. The van der Waals surface area contributed by atoms with Crippen molar-refractivity contribution in [1.82, 2.24) is 10.2 Å². The monoisotopic (exact) mass is 208 g/mol. The largest absolute Gasteiger partial charge is 0.329 e. The van der Waals surface area contributed by atoms with Crippen LogP contribution in [0.25, 0.3) is 0 Å². The topological polar surface area (TPSA) is 83.8 Å². The van der Waals surface area contributed by atoms with Crippen molar-refractivity contribution in [3.8, 4) is 0 Å². The lowest BCUT2D eigenvalue weighted by atomic mass is 10.1. The Kier molecular flexibility index (Phi) is 2.48. The van der Waals surface area contributed by atoms with Crippen LogP contribution < -0.4 is 11.1 Å². The van der Waals surface area contributed by atoms with Crippen molar-refractivity contribution in [2.75, 3.05) is 11.9 Å². The summed E-state index contributed by atoms with van der Waals surface area (Å²) in [4.78, 5) is 11.8. The second-order valence-corrected chi connectivity index (χ2v) is 4.07. The molecule has 1 amide bonds. The molecule has 1 aliphatic rings. The summed E-state index contributed by atoms with van der Waals surface area (Å²) >= 11 is 0. The summed E-state index contributed by atoms with van der Waals surface area (Å²) in [5, 5.41) is 9.65. The maximum absolute atomic E-state index is 11.8. The van der Waals surface area contributed by atoms with E-state index >= 15 is 0 Å². The summed E-state index contributed by atoms with van der Waals surface area (Å²) in [5.41, 5.74) is 6.27. The first kappa shape index (κ1) is 10.2. The lowest BCUT2D eigenvalue weighted by Gasteiger charge is -2.10. The number of aromatic nitrogens is 2. The highest BCUT2D eigenvalue weighted by Crippen LogP contribution is 2.45. The molecule has 0 bridgehead atoms. The Balaban J connectivity index is 2.00. The van der Waals surface area contributed by atoms with E-state index in [1.165, 1.54) is 0 Å². The predicted octanol–water partition coefficient (Wildman–Crippen LogP) is 0.649. The molecule has 1 saturated carbocycles. The van der Waals surface area contributed by atoms with Crippen LogP contribution in [0.3, 0.4) is 0 Å². The number of hydrogen-bond acceptors (Lipinski definition) is 3. The maximum atomic E-state index is 11.8. The van der Waals surface area contributed by atoms with Crippen LogP contribution in [-0.2, 0) is 11.2 Å². The van der Waals surface area contributed by atoms with Crippen molar-refractivity contribution in [3.63, 3.8) is 0 Å². The molecule has 2 rings (SSSR count). The van der Waals surface area contributed by atoms with Crippen molar-refractivity contribution >= 4 is 11.7 Å². The predicted molar refractivity (Wildman–Crippen MR) is 57.3 cm³/mol. The second kappa shape index (κ2) is 3.66. The van der Waals surface area contributed by atoms with E-state index in [4.69, 9.17) is 5.73 Å². The van der Waals surface area contributed by atoms with Gasteiger partial charge in [0.2, 0.25) is 5.91 Å². The number of carbonyl (C=O) groups is 1. The highest BCUT2D eigenvalue weighted by molar-refractivity contribution is 5.96. The molecule has 0 radical (unpaired) electrons. The van der Waals surface area contributed by atoms with E-state index in [-0.39, 0.29) is 11.3 Å². The van der Waals surface area contributed by atoms with Gasteiger partial charge in [0.25, 0.3) is 0 Å². The van der Waals surface area contributed by atoms with Crippen LogP contribution in [0.2, 0.25) is 0 Å². The molecule has 1 aromatic rings. The minimum Gasteiger partial charge on any atom is -0.329 e. The van der Waals surface area contributed by atoms with Gasteiger partial charge >= 0.3 is 0 Å². The Bertz CT molecular complexity index is 367. The summed E-state index contributed by atoms with van der Waals surface area (Å²) in [6, 6.07) is 1.85. The second-order valence-electron chi connectivity index (χ2n) is 4.07. The van der Waals surface area contributed by atoms with Crippen LogP contribution in [0.15, 0.2) is 6.07 Å². The lowest BCUT2D eigenvalue weighted by Crippen LogP contribution is -2.30. The number of amides is 1. The summed E-state index contributed by atoms with van der Waals surface area (Å²) in [5.74, 6) is 0.593. The smallest absolute Gasteiger partial charge is 0.233 e. The van der Waals surface area contributed by atoms with E-state index in [0.717, 1.165) is 25.0 Å². The molecule has 1 fully saturated rings. The molecule has 0 saturated heterocycles. The molecule has 4 N–H and O–H groups in total. The van der Waals surface area contributed by atoms with Gasteiger partial charge in [-0.25, -0.2) is 0 Å². The Morgan fingerprint density at radius 2 is 2.47 bits per heavy atom. The standard InChI is InChI=1S/C10H16N4O/c1-2-7-5-8(14-13-7)12-9(15)10(6-11)3-4-10/h5H,2-4,6,11H2,1H3,(H2,12,13,14,15). The van der Waals surface area contributed by atoms with Crippen molar-refractivity contribution in [2.24, 2.45) is 11.1 Å². The maximum Gasteiger partial charge on any atom is 0.233 e. The minimum atomic E-state index is -0.314. The van der Waals surface area contributed by atoms with Crippen molar-refractivity contribution in [2.45, 2.75) is 26.2 Å². The number of nitrogens with two attached hydrogens (primary N) is 1. The van der Waals surface area contributed by atoms with Crippen LogP contribution in [0, 0.1) is 5.41 Å². The zero-order chi connectivity index (χ0) is 10.9. The molecule has 1 aliphatic carbocycles. The summed E-state index contributed by atoms with van der Waals surface area (Å²) in [7, 11) is 0. The molecule has 0 spiro atoms. The molecular formula is C10H16N4O. The Morgan fingerprint density at radius 3 is 2.93 bits per heavy atom. The van der Waals surface area contributed by atoms with Crippen molar-refractivity contribution < 1.29 is 4.79 Å². The van der Waals surface area contributed by atoms with E-state index in [9.17, 15) is 4.79 Å². The highest BCUT2D eigenvalue weighted by atomic mass is 16.2. The van der Waals surface area contributed by atoms with Gasteiger partial charge in [0.1, 0.15) is 0 Å². The number of H-pyrrole nitrogens is 1. The number of nitrogens with one attached hydrogen (secondary N) is 2. The Labute approximate surface area is 88.4 Å². The van der Waals surface area contributed by atoms with Crippen molar-refractivity contribution in [1.29, 1.82) is 0 Å². The molecule has 0 aromatic carbocycles. The summed E-state index contributed by atoms with van der Waals surface area (Å²) in [6.45, 7) is 2.45. The van der Waals surface area contributed by atoms with E-state index in [0.29, 0.717) is 12.4 Å². The summed E-state index contributed by atoms with van der Waals surface area (Å²) < 4.78 is 0. The number of carbonyl (C=O) groups excluding carboxylic acids is 1. The van der Waals surface area contributed by atoms with Crippen LogP contribution in [-0.4, -0.2) is 22.6 Å². The average Bonchev–Trinajstić information content (AvgIpc) is 2.94. The van der Waals surface area contributed by atoms with Gasteiger partial charge in [-0.15, -0.1) is 0 Å². The highest BCUT2D eigenvalue weighted by Gasteiger charge is 2.48. The lowest BCUT2D eigenvalue weighted by molar-refractivity contribution is -0.120. The third-order valence-corrected chi connectivity index (χ3v) is 2.98. The first-order chi connectivity index (χ1) is 7.20. The fraction of sp³-hybridized carbons (Fsp3) is 0.600. The average molecular weight is 208 g/mol. The van der Waals surface area contributed by atoms with Gasteiger partial charge in [-0.3, -0.25) is 9.89 Å². The van der Waals surface area contributed by atoms with Gasteiger partial charge in [-0.1, -0.05) is 6.92 Å². The van der Waals surface area contributed by atoms with Gasteiger partial charge in [0, 0.05) is 18.3 Å². The zero-order valence-corrected chi connectivity index (χ0v) is 8.84. The first-order valence-corrected chi connectivity index (χ1v) is 5.26. The van der Waals surface area contributed by atoms with Crippen LogP contribution in [0.4, 0.5) is 5.82 Å². The van der Waals surface area contributed by atoms with Gasteiger partial charge in [0.15, 0.2) is 5.82 Å². The molecule has 0 atom stereocenters. The van der Waals surface area contributed by atoms with E-state index in [1.807, 2.05) is 13.0 Å². The normalized spacial score (nSPS) is 17.5. The van der Waals surface area contributed by atoms with Gasteiger partial charge in [-0.05, 0) is 19.3 Å². The summed E-state index contributed by atoms with van der Waals surface area (Å²) in [6.07, 6.45) is 2.66. The van der Waals surface area contributed by atoms with Gasteiger partial charge < -0.3 is 11.1 Å². The SMILES string of the molecule is CCc1cc(NC(=O)C2(CN)CC2)n[nH]1. The fourth-order valence-electron chi connectivity index (χ4n) is 1.53. The van der Waals surface area contributed by atoms with E-state index < -0.39 is 0 Å². The Hall–Kier alpha value is -1.36. The number of anilines is 1. The third kappa shape index (κ3) is 1.87. The van der Waals surface area contributed by atoms with Gasteiger partial charge in [0.05, 0.1) is 5.41 Å². The Morgan fingerprint density at radius 1 is 1.73 bits per heavy atom. The van der Waals surface area contributed by atoms with E-state index in [2.05, 4.69) is 15.5 Å².